The molecule has 0 aliphatic heterocycles. The Labute approximate surface area is 190 Å². The van der Waals surface area contributed by atoms with Crippen LogP contribution in [0, 0.1) is 5.82 Å². The van der Waals surface area contributed by atoms with Gasteiger partial charge in [0, 0.05) is 34.3 Å². The number of thioether (sulfide) groups is 1. The highest BCUT2D eigenvalue weighted by atomic mass is 35.5. The van der Waals surface area contributed by atoms with Crippen LogP contribution in [0.4, 0.5) is 4.39 Å². The summed E-state index contributed by atoms with van der Waals surface area (Å²) in [6.07, 6.45) is 5.26. The van der Waals surface area contributed by atoms with Gasteiger partial charge in [-0.15, -0.1) is 10.2 Å². The second kappa shape index (κ2) is 9.62. The summed E-state index contributed by atoms with van der Waals surface area (Å²) in [6, 6.07) is 14.9. The SMILES string of the molecule is CCc1cccc(CC)c1-n1c(SCc2c(F)cccc2Cl)nnc1-c1cccnc1. The van der Waals surface area contributed by atoms with Gasteiger partial charge in [-0.05, 0) is 48.2 Å². The second-order valence-electron chi connectivity index (χ2n) is 7.00. The van der Waals surface area contributed by atoms with Gasteiger partial charge in [-0.25, -0.2) is 4.39 Å². The van der Waals surface area contributed by atoms with Gasteiger partial charge in [0.05, 0.1) is 5.69 Å². The Kier molecular flexibility index (Phi) is 6.68. The van der Waals surface area contributed by atoms with E-state index in [1.54, 1.807) is 24.5 Å². The van der Waals surface area contributed by atoms with Crippen molar-refractivity contribution in [2.75, 3.05) is 0 Å². The molecule has 0 amide bonds. The summed E-state index contributed by atoms with van der Waals surface area (Å²) in [5.41, 5.74) is 4.83. The third kappa shape index (κ3) is 4.36. The fourth-order valence-corrected chi connectivity index (χ4v) is 4.84. The maximum Gasteiger partial charge on any atom is 0.196 e. The zero-order chi connectivity index (χ0) is 21.8. The highest BCUT2D eigenvalue weighted by molar-refractivity contribution is 7.98. The lowest BCUT2D eigenvalue weighted by Gasteiger charge is -2.18. The summed E-state index contributed by atoms with van der Waals surface area (Å²) in [7, 11) is 0. The predicted molar refractivity (Wildman–Crippen MR) is 124 cm³/mol. The van der Waals surface area contributed by atoms with E-state index in [0.717, 1.165) is 24.1 Å². The molecular weight excluding hydrogens is 431 g/mol. The summed E-state index contributed by atoms with van der Waals surface area (Å²) in [6.45, 7) is 4.27. The molecule has 0 atom stereocenters. The van der Waals surface area contributed by atoms with Crippen LogP contribution in [0.3, 0.4) is 0 Å². The Morgan fingerprint density at radius 1 is 0.968 bits per heavy atom. The van der Waals surface area contributed by atoms with Crippen molar-refractivity contribution in [3.8, 4) is 17.1 Å². The lowest BCUT2D eigenvalue weighted by Crippen LogP contribution is -2.07. The van der Waals surface area contributed by atoms with Crippen molar-refractivity contribution < 1.29 is 4.39 Å². The summed E-state index contributed by atoms with van der Waals surface area (Å²) in [5, 5.41) is 10.1. The number of hydrogen-bond donors (Lipinski definition) is 0. The van der Waals surface area contributed by atoms with E-state index in [-0.39, 0.29) is 5.82 Å². The number of benzene rings is 2. The Morgan fingerprint density at radius 2 is 1.71 bits per heavy atom. The topological polar surface area (TPSA) is 43.6 Å². The first-order valence-electron chi connectivity index (χ1n) is 10.2. The molecule has 4 aromatic rings. The van der Waals surface area contributed by atoms with Crippen molar-refractivity contribution in [1.29, 1.82) is 0 Å². The van der Waals surface area contributed by atoms with Gasteiger partial charge in [0.15, 0.2) is 11.0 Å². The molecule has 0 unspecified atom stereocenters. The van der Waals surface area contributed by atoms with Crippen molar-refractivity contribution >= 4 is 23.4 Å². The molecule has 158 valence electrons. The first kappa shape index (κ1) is 21.5. The van der Waals surface area contributed by atoms with E-state index in [9.17, 15) is 4.39 Å². The van der Waals surface area contributed by atoms with E-state index in [2.05, 4.69) is 51.8 Å². The minimum atomic E-state index is -0.318. The maximum atomic E-state index is 14.3. The van der Waals surface area contributed by atoms with E-state index >= 15 is 0 Å². The van der Waals surface area contributed by atoms with E-state index in [4.69, 9.17) is 11.6 Å². The van der Waals surface area contributed by atoms with E-state index in [0.29, 0.717) is 27.3 Å². The molecule has 7 heteroatoms. The van der Waals surface area contributed by atoms with Crippen molar-refractivity contribution in [2.24, 2.45) is 0 Å². The number of hydrogen-bond acceptors (Lipinski definition) is 4. The highest BCUT2D eigenvalue weighted by Gasteiger charge is 2.21. The fraction of sp³-hybridized carbons (Fsp3) is 0.208. The lowest BCUT2D eigenvalue weighted by molar-refractivity contribution is 0.617. The molecule has 0 N–H and O–H groups in total. The number of halogens is 2. The van der Waals surface area contributed by atoms with Gasteiger partial charge in [0.2, 0.25) is 0 Å². The normalized spacial score (nSPS) is 11.1. The summed E-state index contributed by atoms with van der Waals surface area (Å²) in [4.78, 5) is 4.25. The largest absolute Gasteiger partial charge is 0.269 e. The van der Waals surface area contributed by atoms with Crippen LogP contribution in [-0.2, 0) is 18.6 Å². The van der Waals surface area contributed by atoms with Crippen LogP contribution in [0.25, 0.3) is 17.1 Å². The zero-order valence-electron chi connectivity index (χ0n) is 17.3. The van der Waals surface area contributed by atoms with Gasteiger partial charge in [-0.2, -0.15) is 0 Å². The number of aryl methyl sites for hydroxylation is 2. The van der Waals surface area contributed by atoms with E-state index in [1.807, 2.05) is 12.1 Å². The van der Waals surface area contributed by atoms with Crippen molar-refractivity contribution in [3.63, 3.8) is 0 Å². The zero-order valence-corrected chi connectivity index (χ0v) is 18.9. The van der Waals surface area contributed by atoms with Crippen LogP contribution in [0.1, 0.15) is 30.5 Å². The molecule has 0 radical (unpaired) electrons. The molecular formula is C24H22ClFN4S. The molecule has 0 saturated heterocycles. The molecule has 0 aliphatic rings. The Morgan fingerprint density at radius 3 is 2.35 bits per heavy atom. The minimum absolute atomic E-state index is 0.318. The fourth-order valence-electron chi connectivity index (χ4n) is 3.56. The van der Waals surface area contributed by atoms with Crippen molar-refractivity contribution in [3.05, 3.63) is 88.5 Å². The minimum Gasteiger partial charge on any atom is -0.269 e. The smallest absolute Gasteiger partial charge is 0.196 e. The van der Waals surface area contributed by atoms with Crippen molar-refractivity contribution in [1.82, 2.24) is 19.7 Å². The molecule has 2 aromatic heterocycles. The molecule has 2 heterocycles. The highest BCUT2D eigenvalue weighted by Crippen LogP contribution is 2.34. The Hall–Kier alpha value is -2.70. The summed E-state index contributed by atoms with van der Waals surface area (Å²) in [5.74, 6) is 0.750. The Bertz CT molecular complexity index is 1150. The number of para-hydroxylation sites is 1. The van der Waals surface area contributed by atoms with E-state index < -0.39 is 0 Å². The van der Waals surface area contributed by atoms with Crippen molar-refractivity contribution in [2.45, 2.75) is 37.6 Å². The number of nitrogens with zero attached hydrogens (tertiary/aromatic N) is 4. The third-order valence-electron chi connectivity index (χ3n) is 5.15. The standard InChI is InChI=1S/C24H22ClFN4S/c1-3-16-8-5-9-17(4-2)22(16)30-23(18-10-7-13-27-14-18)28-29-24(30)31-15-19-20(25)11-6-12-21(19)26/h5-14H,3-4,15H2,1-2H3. The van der Waals surface area contributed by atoms with Gasteiger partial charge in [0.25, 0.3) is 0 Å². The second-order valence-corrected chi connectivity index (χ2v) is 8.35. The molecule has 31 heavy (non-hydrogen) atoms. The van der Waals surface area contributed by atoms with Crippen LogP contribution in [0.5, 0.6) is 0 Å². The van der Waals surface area contributed by atoms with Gasteiger partial charge in [-0.1, -0.05) is 61.5 Å². The number of rotatable bonds is 7. The van der Waals surface area contributed by atoms with Crippen LogP contribution in [0.15, 0.2) is 66.1 Å². The molecule has 0 bridgehead atoms. The van der Waals surface area contributed by atoms with Gasteiger partial charge >= 0.3 is 0 Å². The van der Waals surface area contributed by atoms with Gasteiger partial charge in [-0.3, -0.25) is 9.55 Å². The summed E-state index contributed by atoms with van der Waals surface area (Å²) < 4.78 is 16.4. The van der Waals surface area contributed by atoms with Gasteiger partial charge < -0.3 is 0 Å². The van der Waals surface area contributed by atoms with Crippen LogP contribution in [0.2, 0.25) is 5.02 Å². The molecule has 4 nitrogen and oxygen atoms in total. The maximum absolute atomic E-state index is 14.3. The molecule has 2 aromatic carbocycles. The first-order valence-corrected chi connectivity index (χ1v) is 11.5. The van der Waals surface area contributed by atoms with Crippen LogP contribution >= 0.6 is 23.4 Å². The number of pyridine rings is 1. The Balaban J connectivity index is 1.86. The quantitative estimate of drug-likeness (QED) is 0.298. The molecule has 0 spiro atoms. The summed E-state index contributed by atoms with van der Waals surface area (Å²) >= 11 is 7.67. The monoisotopic (exact) mass is 452 g/mol. The third-order valence-corrected chi connectivity index (χ3v) is 6.46. The average Bonchev–Trinajstić information content (AvgIpc) is 3.22. The van der Waals surface area contributed by atoms with Crippen LogP contribution < -0.4 is 0 Å². The lowest BCUT2D eigenvalue weighted by atomic mass is 10.0. The molecule has 0 aliphatic carbocycles. The average molecular weight is 453 g/mol. The predicted octanol–water partition coefficient (Wildman–Crippen LogP) is 6.54. The number of aromatic nitrogens is 4. The van der Waals surface area contributed by atoms with Gasteiger partial charge in [0.1, 0.15) is 5.82 Å². The van der Waals surface area contributed by atoms with E-state index in [1.165, 1.54) is 29.0 Å². The molecule has 4 rings (SSSR count). The molecule has 0 saturated carbocycles. The molecule has 0 fully saturated rings. The first-order chi connectivity index (χ1) is 15.1. The van der Waals surface area contributed by atoms with Crippen LogP contribution in [-0.4, -0.2) is 19.7 Å².